The molecule has 2 aromatic rings. The highest BCUT2D eigenvalue weighted by molar-refractivity contribution is 5.79. The number of amides is 1. The lowest BCUT2D eigenvalue weighted by Gasteiger charge is -2.31. The summed E-state index contributed by atoms with van der Waals surface area (Å²) in [5.74, 6) is 1.11. The predicted molar refractivity (Wildman–Crippen MR) is 97.9 cm³/mol. The molecule has 2 aromatic carbocycles. The molecule has 0 aromatic heterocycles. The molecule has 0 spiro atoms. The lowest BCUT2D eigenvalue weighted by molar-refractivity contribution is -0.135. The highest BCUT2D eigenvalue weighted by Gasteiger charge is 2.26. The van der Waals surface area contributed by atoms with Crippen LogP contribution in [0.5, 0.6) is 11.5 Å². The average molecular weight is 357 g/mol. The Balaban J connectivity index is 1.71. The first-order valence-electron chi connectivity index (χ1n) is 8.78. The van der Waals surface area contributed by atoms with Crippen LogP contribution in [0.4, 0.5) is 4.39 Å². The molecule has 1 heterocycles. The van der Waals surface area contributed by atoms with Crippen LogP contribution < -0.4 is 9.47 Å². The Labute approximate surface area is 153 Å². The number of halogens is 1. The minimum Gasteiger partial charge on any atom is -0.493 e. The molecule has 4 nitrogen and oxygen atoms in total. The molecule has 1 aliphatic heterocycles. The van der Waals surface area contributed by atoms with E-state index in [2.05, 4.69) is 0 Å². The van der Waals surface area contributed by atoms with Crippen LogP contribution >= 0.6 is 0 Å². The number of nitrogens with zero attached hydrogens (tertiary/aromatic N) is 1. The fraction of sp³-hybridized carbons (Fsp3) is 0.381. The first kappa shape index (κ1) is 18.2. The zero-order valence-electron chi connectivity index (χ0n) is 15.4. The van der Waals surface area contributed by atoms with Crippen LogP contribution in [0, 0.1) is 11.7 Å². The molecule has 0 bridgehead atoms. The van der Waals surface area contributed by atoms with Crippen LogP contribution in [0.2, 0.25) is 0 Å². The van der Waals surface area contributed by atoms with Gasteiger partial charge in [-0.3, -0.25) is 4.79 Å². The Kier molecular flexibility index (Phi) is 5.45. The first-order chi connectivity index (χ1) is 12.5. The molecule has 0 saturated heterocycles. The van der Waals surface area contributed by atoms with E-state index in [1.807, 2.05) is 24.0 Å². The molecule has 138 valence electrons. The highest BCUT2D eigenvalue weighted by atomic mass is 19.1. The summed E-state index contributed by atoms with van der Waals surface area (Å²) >= 11 is 0. The van der Waals surface area contributed by atoms with Crippen LogP contribution in [0.3, 0.4) is 0 Å². The van der Waals surface area contributed by atoms with Gasteiger partial charge in [-0.1, -0.05) is 19.1 Å². The van der Waals surface area contributed by atoms with E-state index >= 15 is 0 Å². The molecule has 1 atom stereocenters. The molecular weight excluding hydrogens is 333 g/mol. The second kappa shape index (κ2) is 7.77. The molecule has 1 aliphatic rings. The van der Waals surface area contributed by atoms with Gasteiger partial charge in [0.2, 0.25) is 5.91 Å². The summed E-state index contributed by atoms with van der Waals surface area (Å²) in [7, 11) is 3.24. The normalized spacial score (nSPS) is 14.5. The Hall–Kier alpha value is -2.56. The van der Waals surface area contributed by atoms with E-state index in [9.17, 15) is 9.18 Å². The average Bonchev–Trinajstić information content (AvgIpc) is 2.67. The number of rotatable bonds is 5. The smallest absolute Gasteiger partial charge is 0.226 e. The SMILES string of the molecule is COc1cc2c(cc1OC)CN(C(=O)C(C)Cc1ccc(F)cc1)CC2. The van der Waals surface area contributed by atoms with Crippen molar-refractivity contribution in [3.8, 4) is 11.5 Å². The highest BCUT2D eigenvalue weighted by Crippen LogP contribution is 2.33. The number of hydrogen-bond donors (Lipinski definition) is 0. The summed E-state index contributed by atoms with van der Waals surface area (Å²) in [6.45, 7) is 3.19. The summed E-state index contributed by atoms with van der Waals surface area (Å²) in [6, 6.07) is 10.3. The van der Waals surface area contributed by atoms with Crippen LogP contribution in [0.1, 0.15) is 23.6 Å². The standard InChI is InChI=1S/C21H24FNO3/c1-14(10-15-4-6-18(22)7-5-15)21(24)23-9-8-16-11-19(25-2)20(26-3)12-17(16)13-23/h4-7,11-12,14H,8-10,13H2,1-3H3. The van der Waals surface area contributed by atoms with E-state index in [0.717, 1.165) is 23.3 Å². The Bertz CT molecular complexity index is 789. The van der Waals surface area contributed by atoms with Crippen LogP contribution in [-0.2, 0) is 24.2 Å². The third-order valence-electron chi connectivity index (χ3n) is 4.91. The van der Waals surface area contributed by atoms with Gasteiger partial charge >= 0.3 is 0 Å². The van der Waals surface area contributed by atoms with Gasteiger partial charge in [-0.2, -0.15) is 0 Å². The number of carbonyl (C=O) groups excluding carboxylic acids is 1. The quantitative estimate of drug-likeness (QED) is 0.821. The van der Waals surface area contributed by atoms with Gasteiger partial charge in [0.05, 0.1) is 14.2 Å². The van der Waals surface area contributed by atoms with E-state index in [1.165, 1.54) is 17.7 Å². The van der Waals surface area contributed by atoms with Gasteiger partial charge < -0.3 is 14.4 Å². The second-order valence-corrected chi connectivity index (χ2v) is 6.72. The van der Waals surface area contributed by atoms with Gasteiger partial charge in [0, 0.05) is 19.0 Å². The van der Waals surface area contributed by atoms with Crippen molar-refractivity contribution in [3.63, 3.8) is 0 Å². The topological polar surface area (TPSA) is 38.8 Å². The van der Waals surface area contributed by atoms with Crippen molar-refractivity contribution < 1.29 is 18.7 Å². The van der Waals surface area contributed by atoms with E-state index in [0.29, 0.717) is 25.3 Å². The number of fused-ring (bicyclic) bond motifs is 1. The third kappa shape index (κ3) is 3.82. The van der Waals surface area contributed by atoms with Crippen molar-refractivity contribution in [2.24, 2.45) is 5.92 Å². The summed E-state index contributed by atoms with van der Waals surface area (Å²) in [5.41, 5.74) is 3.25. The minimum absolute atomic E-state index is 0.120. The summed E-state index contributed by atoms with van der Waals surface area (Å²) in [6.07, 6.45) is 1.40. The fourth-order valence-electron chi connectivity index (χ4n) is 3.44. The lowest BCUT2D eigenvalue weighted by atomic mass is 9.95. The summed E-state index contributed by atoms with van der Waals surface area (Å²) in [5, 5.41) is 0. The number of methoxy groups -OCH3 is 2. The third-order valence-corrected chi connectivity index (χ3v) is 4.91. The van der Waals surface area contributed by atoms with Gasteiger partial charge in [0.25, 0.3) is 0 Å². The van der Waals surface area contributed by atoms with Crippen LogP contribution in [0.15, 0.2) is 36.4 Å². The lowest BCUT2D eigenvalue weighted by Crippen LogP contribution is -2.39. The molecule has 3 rings (SSSR count). The Morgan fingerprint density at radius 2 is 1.73 bits per heavy atom. The van der Waals surface area contributed by atoms with Crippen molar-refractivity contribution in [2.75, 3.05) is 20.8 Å². The van der Waals surface area contributed by atoms with E-state index in [1.54, 1.807) is 26.4 Å². The maximum atomic E-state index is 13.0. The van der Waals surface area contributed by atoms with Crippen molar-refractivity contribution in [3.05, 3.63) is 58.9 Å². The Morgan fingerprint density at radius 3 is 2.35 bits per heavy atom. The van der Waals surface area contributed by atoms with E-state index in [-0.39, 0.29) is 17.6 Å². The summed E-state index contributed by atoms with van der Waals surface area (Å²) in [4.78, 5) is 14.7. The van der Waals surface area contributed by atoms with Crippen molar-refractivity contribution in [1.29, 1.82) is 0 Å². The fourth-order valence-corrected chi connectivity index (χ4v) is 3.44. The first-order valence-corrected chi connectivity index (χ1v) is 8.78. The molecule has 1 amide bonds. The minimum atomic E-state index is -0.259. The molecule has 0 aliphatic carbocycles. The number of carbonyl (C=O) groups is 1. The second-order valence-electron chi connectivity index (χ2n) is 6.72. The Morgan fingerprint density at radius 1 is 1.12 bits per heavy atom. The molecule has 0 N–H and O–H groups in total. The molecule has 1 unspecified atom stereocenters. The van der Waals surface area contributed by atoms with Gasteiger partial charge in [0.15, 0.2) is 11.5 Å². The van der Waals surface area contributed by atoms with E-state index < -0.39 is 0 Å². The molecule has 0 saturated carbocycles. The van der Waals surface area contributed by atoms with Crippen molar-refractivity contribution >= 4 is 5.91 Å². The molecule has 0 fully saturated rings. The van der Waals surface area contributed by atoms with Crippen LogP contribution in [-0.4, -0.2) is 31.6 Å². The van der Waals surface area contributed by atoms with Gasteiger partial charge in [-0.15, -0.1) is 0 Å². The predicted octanol–water partition coefficient (Wildman–Crippen LogP) is 3.61. The maximum Gasteiger partial charge on any atom is 0.226 e. The number of ether oxygens (including phenoxy) is 2. The van der Waals surface area contributed by atoms with Crippen molar-refractivity contribution in [2.45, 2.75) is 26.3 Å². The largest absolute Gasteiger partial charge is 0.493 e. The van der Waals surface area contributed by atoms with E-state index in [4.69, 9.17) is 9.47 Å². The van der Waals surface area contributed by atoms with Crippen LogP contribution in [0.25, 0.3) is 0 Å². The molecule has 5 heteroatoms. The zero-order valence-corrected chi connectivity index (χ0v) is 15.4. The number of hydrogen-bond acceptors (Lipinski definition) is 3. The molecule has 0 radical (unpaired) electrons. The summed E-state index contributed by atoms with van der Waals surface area (Å²) < 4.78 is 23.8. The van der Waals surface area contributed by atoms with Crippen molar-refractivity contribution in [1.82, 2.24) is 4.90 Å². The molecule has 26 heavy (non-hydrogen) atoms. The zero-order chi connectivity index (χ0) is 18.7. The van der Waals surface area contributed by atoms with Gasteiger partial charge in [-0.25, -0.2) is 4.39 Å². The number of benzene rings is 2. The van der Waals surface area contributed by atoms with Gasteiger partial charge in [0.1, 0.15) is 5.82 Å². The van der Waals surface area contributed by atoms with Gasteiger partial charge in [-0.05, 0) is 53.8 Å². The monoisotopic (exact) mass is 357 g/mol. The maximum absolute atomic E-state index is 13.0. The molecular formula is C21H24FNO3.